The molecule has 0 fully saturated rings. The Bertz CT molecular complexity index is 927. The highest BCUT2D eigenvalue weighted by Crippen LogP contribution is 2.34. The van der Waals surface area contributed by atoms with Crippen LogP contribution in [0, 0.1) is 0 Å². The summed E-state index contributed by atoms with van der Waals surface area (Å²) in [6.07, 6.45) is 4.83. The lowest BCUT2D eigenvalue weighted by Crippen LogP contribution is -2.14. The summed E-state index contributed by atoms with van der Waals surface area (Å²) in [5, 5.41) is 0.938. The molecule has 3 rings (SSSR count). The zero-order valence-electron chi connectivity index (χ0n) is 13.4. The van der Waals surface area contributed by atoms with E-state index in [2.05, 4.69) is 16.5 Å². The quantitative estimate of drug-likeness (QED) is 0.709. The number of fused-ring (bicyclic) bond motifs is 1. The summed E-state index contributed by atoms with van der Waals surface area (Å²) in [7, 11) is -3.01. The lowest BCUT2D eigenvalue weighted by Gasteiger charge is -2.13. The van der Waals surface area contributed by atoms with Gasteiger partial charge in [-0.3, -0.25) is 4.98 Å². The fourth-order valence-corrected chi connectivity index (χ4v) is 5.03. The number of rotatable bonds is 5. The van der Waals surface area contributed by atoms with Gasteiger partial charge in [0, 0.05) is 42.4 Å². The SMILES string of the molecule is CCn1c(C(C)CS(C)(=O)=O)cc2nc(-c3cccnc3)sc21. The molecule has 0 radical (unpaired) electrons. The number of aromatic nitrogens is 3. The van der Waals surface area contributed by atoms with Gasteiger partial charge in [0.25, 0.3) is 0 Å². The molecule has 1 atom stereocenters. The van der Waals surface area contributed by atoms with Crippen LogP contribution in [0.2, 0.25) is 0 Å². The number of aryl methyl sites for hydroxylation is 1. The Morgan fingerprint density at radius 1 is 1.39 bits per heavy atom. The Balaban J connectivity index is 2.04. The topological polar surface area (TPSA) is 64.8 Å². The third-order valence-electron chi connectivity index (χ3n) is 3.76. The predicted octanol–water partition coefficient (Wildman–Crippen LogP) is 3.33. The molecule has 0 saturated carbocycles. The van der Waals surface area contributed by atoms with Crippen LogP contribution in [0.1, 0.15) is 25.5 Å². The Morgan fingerprint density at radius 3 is 2.78 bits per heavy atom. The maximum absolute atomic E-state index is 11.6. The first-order valence-corrected chi connectivity index (χ1v) is 10.3. The van der Waals surface area contributed by atoms with Gasteiger partial charge in [0.15, 0.2) is 0 Å². The average molecular weight is 349 g/mol. The van der Waals surface area contributed by atoms with Crippen molar-refractivity contribution in [1.82, 2.24) is 14.5 Å². The highest BCUT2D eigenvalue weighted by atomic mass is 32.2. The second-order valence-electron chi connectivity index (χ2n) is 5.76. The second-order valence-corrected chi connectivity index (χ2v) is 8.92. The van der Waals surface area contributed by atoms with Gasteiger partial charge in [-0.15, -0.1) is 0 Å². The van der Waals surface area contributed by atoms with Crippen LogP contribution in [-0.2, 0) is 16.4 Å². The largest absolute Gasteiger partial charge is 0.335 e. The zero-order chi connectivity index (χ0) is 16.6. The van der Waals surface area contributed by atoms with Crippen LogP contribution >= 0.6 is 11.3 Å². The van der Waals surface area contributed by atoms with Gasteiger partial charge in [-0.25, -0.2) is 13.4 Å². The van der Waals surface area contributed by atoms with Gasteiger partial charge in [-0.05, 0) is 25.1 Å². The Labute approximate surface area is 139 Å². The van der Waals surface area contributed by atoms with Crippen LogP contribution in [0.25, 0.3) is 20.9 Å². The molecule has 23 heavy (non-hydrogen) atoms. The smallest absolute Gasteiger partial charge is 0.148 e. The molecule has 0 bridgehead atoms. The number of nitrogens with zero attached hydrogens (tertiary/aromatic N) is 3. The van der Waals surface area contributed by atoms with E-state index in [1.807, 2.05) is 25.1 Å². The van der Waals surface area contributed by atoms with Crippen molar-refractivity contribution in [2.45, 2.75) is 26.3 Å². The van der Waals surface area contributed by atoms with Gasteiger partial charge < -0.3 is 4.57 Å². The molecule has 0 aliphatic heterocycles. The monoisotopic (exact) mass is 349 g/mol. The standard InChI is InChI=1S/C16H19N3O2S2/c1-4-19-14(11(2)10-23(3,20)21)8-13-16(19)22-15(18-13)12-6-5-7-17-9-12/h5-9,11H,4,10H2,1-3H3. The first kappa shape index (κ1) is 16.1. The predicted molar refractivity (Wildman–Crippen MR) is 94.6 cm³/mol. The lowest BCUT2D eigenvalue weighted by molar-refractivity contribution is 0.592. The minimum Gasteiger partial charge on any atom is -0.335 e. The Morgan fingerprint density at radius 2 is 2.17 bits per heavy atom. The van der Waals surface area contributed by atoms with Gasteiger partial charge in [-0.2, -0.15) is 0 Å². The summed E-state index contributed by atoms with van der Waals surface area (Å²) >= 11 is 1.62. The minimum atomic E-state index is -3.01. The van der Waals surface area contributed by atoms with Crippen molar-refractivity contribution in [3.63, 3.8) is 0 Å². The summed E-state index contributed by atoms with van der Waals surface area (Å²) in [6.45, 7) is 4.81. The zero-order valence-corrected chi connectivity index (χ0v) is 15.0. The van der Waals surface area contributed by atoms with Crippen molar-refractivity contribution < 1.29 is 8.42 Å². The van der Waals surface area contributed by atoms with E-state index < -0.39 is 9.84 Å². The lowest BCUT2D eigenvalue weighted by atomic mass is 10.1. The van der Waals surface area contributed by atoms with Crippen LogP contribution in [0.4, 0.5) is 0 Å². The molecule has 5 nitrogen and oxygen atoms in total. The molecule has 0 N–H and O–H groups in total. The summed E-state index contributed by atoms with van der Waals surface area (Å²) in [4.78, 5) is 9.92. The van der Waals surface area contributed by atoms with Crippen LogP contribution in [-0.4, -0.2) is 35.0 Å². The van der Waals surface area contributed by atoms with Crippen molar-refractivity contribution >= 4 is 31.5 Å². The third kappa shape index (κ3) is 3.30. The van der Waals surface area contributed by atoms with Gasteiger partial charge in [0.05, 0.1) is 5.75 Å². The third-order valence-corrected chi connectivity index (χ3v) is 6.01. The molecule has 0 aliphatic carbocycles. The van der Waals surface area contributed by atoms with E-state index in [0.29, 0.717) is 0 Å². The number of thiazole rings is 1. The number of sulfone groups is 1. The highest BCUT2D eigenvalue weighted by molar-refractivity contribution is 7.90. The van der Waals surface area contributed by atoms with E-state index in [-0.39, 0.29) is 11.7 Å². The van der Waals surface area contributed by atoms with Crippen LogP contribution < -0.4 is 0 Å². The van der Waals surface area contributed by atoms with Gasteiger partial charge in [0.2, 0.25) is 0 Å². The molecule has 0 aromatic carbocycles. The molecular formula is C16H19N3O2S2. The van der Waals surface area contributed by atoms with Crippen molar-refractivity contribution in [3.05, 3.63) is 36.3 Å². The fraction of sp³-hybridized carbons (Fsp3) is 0.375. The van der Waals surface area contributed by atoms with E-state index in [9.17, 15) is 8.42 Å². The molecule has 122 valence electrons. The number of hydrogen-bond acceptors (Lipinski definition) is 5. The Kier molecular flexibility index (Phi) is 4.25. The van der Waals surface area contributed by atoms with Crippen molar-refractivity contribution in [3.8, 4) is 10.6 Å². The van der Waals surface area contributed by atoms with Gasteiger partial charge in [0.1, 0.15) is 25.2 Å². The molecule has 0 amide bonds. The van der Waals surface area contributed by atoms with E-state index in [1.165, 1.54) is 6.26 Å². The maximum atomic E-state index is 11.6. The highest BCUT2D eigenvalue weighted by Gasteiger charge is 2.20. The number of pyridine rings is 1. The van der Waals surface area contributed by atoms with E-state index in [4.69, 9.17) is 4.98 Å². The molecule has 0 saturated heterocycles. The van der Waals surface area contributed by atoms with E-state index in [0.717, 1.165) is 33.2 Å². The summed E-state index contributed by atoms with van der Waals surface area (Å²) in [5.74, 6) is 0.105. The summed E-state index contributed by atoms with van der Waals surface area (Å²) in [5.41, 5.74) is 2.96. The normalized spacial score (nSPS) is 13.5. The Hall–Kier alpha value is -1.73. The molecular weight excluding hydrogens is 330 g/mol. The fourth-order valence-electron chi connectivity index (χ4n) is 2.83. The van der Waals surface area contributed by atoms with Crippen molar-refractivity contribution in [2.75, 3.05) is 12.0 Å². The van der Waals surface area contributed by atoms with E-state index in [1.54, 1.807) is 23.7 Å². The molecule has 3 aromatic rings. The average Bonchev–Trinajstić information content (AvgIpc) is 3.03. The molecule has 7 heteroatoms. The number of hydrogen-bond donors (Lipinski definition) is 0. The first-order chi connectivity index (χ1) is 10.9. The molecule has 0 spiro atoms. The maximum Gasteiger partial charge on any atom is 0.148 e. The van der Waals surface area contributed by atoms with Gasteiger partial charge in [-0.1, -0.05) is 18.3 Å². The van der Waals surface area contributed by atoms with Crippen LogP contribution in [0.15, 0.2) is 30.6 Å². The molecule has 3 heterocycles. The van der Waals surface area contributed by atoms with Crippen molar-refractivity contribution in [2.24, 2.45) is 0 Å². The molecule has 1 unspecified atom stereocenters. The summed E-state index contributed by atoms with van der Waals surface area (Å²) in [6, 6.07) is 5.91. The molecule has 3 aromatic heterocycles. The molecule has 0 aliphatic rings. The van der Waals surface area contributed by atoms with Crippen LogP contribution in [0.3, 0.4) is 0 Å². The minimum absolute atomic E-state index is 0.0480. The van der Waals surface area contributed by atoms with Crippen LogP contribution in [0.5, 0.6) is 0 Å². The van der Waals surface area contributed by atoms with Gasteiger partial charge >= 0.3 is 0 Å². The summed E-state index contributed by atoms with van der Waals surface area (Å²) < 4.78 is 25.3. The van der Waals surface area contributed by atoms with Crippen molar-refractivity contribution in [1.29, 1.82) is 0 Å². The second kappa shape index (κ2) is 6.05. The van der Waals surface area contributed by atoms with E-state index >= 15 is 0 Å². The first-order valence-electron chi connectivity index (χ1n) is 7.47.